The van der Waals surface area contributed by atoms with Crippen LogP contribution in [0.5, 0.6) is 0 Å². The Labute approximate surface area is 204 Å². The highest BCUT2D eigenvalue weighted by molar-refractivity contribution is 7.94. The van der Waals surface area contributed by atoms with Gasteiger partial charge in [0.05, 0.1) is 17.0 Å². The monoisotopic (exact) mass is 497 g/mol. The molecule has 4 rings (SSSR count). The molecule has 3 aromatic rings. The van der Waals surface area contributed by atoms with Crippen molar-refractivity contribution in [2.24, 2.45) is 5.10 Å². The maximum Gasteiger partial charge on any atom is 0.273 e. The van der Waals surface area contributed by atoms with Crippen molar-refractivity contribution in [1.29, 1.82) is 0 Å². The highest BCUT2D eigenvalue weighted by Gasteiger charge is 2.19. The van der Waals surface area contributed by atoms with Crippen molar-refractivity contribution in [1.82, 2.24) is 10.3 Å². The van der Waals surface area contributed by atoms with Crippen molar-refractivity contribution >= 4 is 44.4 Å². The second kappa shape index (κ2) is 10.4. The minimum absolute atomic E-state index is 0.177. The molecule has 0 bridgehead atoms. The molecule has 10 heteroatoms. The Balaban J connectivity index is 1.43. The number of carbonyl (C=O) groups is 1. The summed E-state index contributed by atoms with van der Waals surface area (Å²) in [5, 5.41) is 5.91. The minimum atomic E-state index is -3.77. The van der Waals surface area contributed by atoms with Crippen LogP contribution in [0, 0.1) is 0 Å². The number of para-hydroxylation sites is 1. The van der Waals surface area contributed by atoms with Crippen molar-refractivity contribution < 1.29 is 13.2 Å². The van der Waals surface area contributed by atoms with Gasteiger partial charge in [-0.25, -0.2) is 13.8 Å². The van der Waals surface area contributed by atoms with Crippen LogP contribution in [0.2, 0.25) is 0 Å². The van der Waals surface area contributed by atoms with Gasteiger partial charge in [0.1, 0.15) is 4.21 Å². The molecule has 1 saturated heterocycles. The summed E-state index contributed by atoms with van der Waals surface area (Å²) in [6.45, 7) is 5.89. The number of likely N-dealkylation sites (N-methyl/N-ethyl adjacent to an activating group) is 1. The van der Waals surface area contributed by atoms with E-state index in [0.717, 1.165) is 43.1 Å². The number of thiophene rings is 1. The number of hydrogen-bond donors (Lipinski definition) is 2. The quantitative estimate of drug-likeness (QED) is 0.385. The van der Waals surface area contributed by atoms with E-state index in [1.807, 2.05) is 19.1 Å². The molecule has 8 nitrogen and oxygen atoms in total. The molecule has 2 aromatic carbocycles. The molecule has 0 aliphatic carbocycles. The van der Waals surface area contributed by atoms with Gasteiger partial charge in [-0.3, -0.25) is 9.52 Å². The van der Waals surface area contributed by atoms with Crippen molar-refractivity contribution in [2.75, 3.05) is 42.8 Å². The fourth-order valence-corrected chi connectivity index (χ4v) is 5.69. The lowest BCUT2D eigenvalue weighted by Crippen LogP contribution is -2.44. The highest BCUT2D eigenvalue weighted by Crippen LogP contribution is 2.23. The molecule has 0 unspecified atom stereocenters. The van der Waals surface area contributed by atoms with Crippen molar-refractivity contribution in [2.45, 2.75) is 11.1 Å². The Kier molecular flexibility index (Phi) is 7.30. The van der Waals surface area contributed by atoms with E-state index >= 15 is 0 Å². The van der Waals surface area contributed by atoms with Crippen LogP contribution in [0.25, 0.3) is 0 Å². The van der Waals surface area contributed by atoms with Crippen LogP contribution < -0.4 is 15.0 Å². The second-order valence-electron chi connectivity index (χ2n) is 8.06. The van der Waals surface area contributed by atoms with Gasteiger partial charge in [-0.05, 0) is 55.2 Å². The first kappa shape index (κ1) is 23.9. The summed E-state index contributed by atoms with van der Waals surface area (Å²) < 4.78 is 27.8. The third kappa shape index (κ3) is 5.64. The lowest BCUT2D eigenvalue weighted by molar-refractivity contribution is 0.0955. The number of rotatable bonds is 7. The van der Waals surface area contributed by atoms with Crippen molar-refractivity contribution in [3.63, 3.8) is 0 Å². The maximum atomic E-state index is 12.8. The third-order valence-electron chi connectivity index (χ3n) is 5.65. The third-order valence-corrected chi connectivity index (χ3v) is 8.42. The molecule has 34 heavy (non-hydrogen) atoms. The van der Waals surface area contributed by atoms with Crippen LogP contribution in [0.3, 0.4) is 0 Å². The van der Waals surface area contributed by atoms with Crippen LogP contribution in [-0.2, 0) is 10.0 Å². The van der Waals surface area contributed by atoms with Crippen LogP contribution in [0.15, 0.2) is 75.4 Å². The van der Waals surface area contributed by atoms with Crippen LogP contribution in [0.4, 0.5) is 11.4 Å². The number of nitrogens with zero attached hydrogens (tertiary/aromatic N) is 3. The van der Waals surface area contributed by atoms with Crippen LogP contribution in [-0.4, -0.2) is 58.2 Å². The predicted molar refractivity (Wildman–Crippen MR) is 137 cm³/mol. The first-order chi connectivity index (χ1) is 16.3. The van der Waals surface area contributed by atoms with Crippen molar-refractivity contribution in [3.05, 3.63) is 77.2 Å². The number of hydrazone groups is 1. The zero-order valence-corrected chi connectivity index (χ0v) is 20.7. The summed E-state index contributed by atoms with van der Waals surface area (Å²) in [5.74, 6) is -0.502. The van der Waals surface area contributed by atoms with Gasteiger partial charge >= 0.3 is 0 Å². The number of carbonyl (C=O) groups excluding carboxylic acids is 1. The molecule has 178 valence electrons. The van der Waals surface area contributed by atoms with Gasteiger partial charge in [0, 0.05) is 31.9 Å². The molecule has 0 atom stereocenters. The van der Waals surface area contributed by atoms with Crippen LogP contribution in [0.1, 0.15) is 22.8 Å². The Morgan fingerprint density at radius 2 is 1.68 bits per heavy atom. The Bertz CT molecular complexity index is 1260. The van der Waals surface area contributed by atoms with E-state index in [2.05, 4.69) is 44.2 Å². The predicted octanol–water partition coefficient (Wildman–Crippen LogP) is 3.45. The summed E-state index contributed by atoms with van der Waals surface area (Å²) in [4.78, 5) is 17.5. The normalized spacial score (nSPS) is 15.2. The van der Waals surface area contributed by atoms with Gasteiger partial charge in [0.15, 0.2) is 0 Å². The molecule has 1 aromatic heterocycles. The Hall–Kier alpha value is -3.21. The van der Waals surface area contributed by atoms with E-state index in [-0.39, 0.29) is 15.5 Å². The second-order valence-corrected chi connectivity index (χ2v) is 10.9. The molecular weight excluding hydrogens is 470 g/mol. The average molecular weight is 498 g/mol. The Morgan fingerprint density at radius 1 is 0.971 bits per heavy atom. The zero-order chi connectivity index (χ0) is 24.1. The largest absolute Gasteiger partial charge is 0.369 e. The molecule has 1 aliphatic heterocycles. The molecule has 0 radical (unpaired) electrons. The SMILES string of the molecule is CC(=NNC(=O)c1ccccc1NS(=O)(=O)c1cccs1)c1ccc(N2CCN(C)CC2)cc1. The number of sulfonamides is 1. The maximum absolute atomic E-state index is 12.8. The molecule has 2 heterocycles. The molecule has 1 fully saturated rings. The van der Waals surface area contributed by atoms with Gasteiger partial charge in [0.25, 0.3) is 15.9 Å². The summed E-state index contributed by atoms with van der Waals surface area (Å²) in [6, 6.07) is 17.7. The lowest BCUT2D eigenvalue weighted by atomic mass is 10.1. The first-order valence-corrected chi connectivity index (χ1v) is 13.2. The topological polar surface area (TPSA) is 94.1 Å². The fourth-order valence-electron chi connectivity index (χ4n) is 3.62. The van der Waals surface area contributed by atoms with E-state index in [4.69, 9.17) is 0 Å². The number of benzene rings is 2. The van der Waals surface area contributed by atoms with E-state index in [0.29, 0.717) is 5.71 Å². The molecule has 2 N–H and O–H groups in total. The molecular formula is C24H27N5O3S2. The summed E-state index contributed by atoms with van der Waals surface area (Å²) >= 11 is 1.11. The fraction of sp³-hybridized carbons (Fsp3) is 0.250. The van der Waals surface area contributed by atoms with Gasteiger partial charge < -0.3 is 9.80 Å². The van der Waals surface area contributed by atoms with Crippen molar-refractivity contribution in [3.8, 4) is 0 Å². The molecule has 1 aliphatic rings. The van der Waals surface area contributed by atoms with Gasteiger partial charge in [-0.1, -0.05) is 30.3 Å². The van der Waals surface area contributed by atoms with E-state index < -0.39 is 15.9 Å². The molecule has 1 amide bonds. The zero-order valence-electron chi connectivity index (χ0n) is 19.1. The average Bonchev–Trinajstić information content (AvgIpc) is 3.39. The van der Waals surface area contributed by atoms with Crippen LogP contribution >= 0.6 is 11.3 Å². The number of hydrogen-bond acceptors (Lipinski definition) is 7. The van der Waals surface area contributed by atoms with Gasteiger partial charge in [0.2, 0.25) is 0 Å². The standard InChI is InChI=1S/C24H27N5O3S2/c1-18(19-9-11-20(12-10-19)29-15-13-28(2)14-16-29)25-26-24(30)21-6-3-4-7-22(21)27-34(31,32)23-8-5-17-33-23/h3-12,17,27H,13-16H2,1-2H3,(H,26,30). The van der Waals surface area contributed by atoms with Gasteiger partial charge in [-0.15, -0.1) is 11.3 Å². The smallest absolute Gasteiger partial charge is 0.273 e. The Morgan fingerprint density at radius 3 is 2.35 bits per heavy atom. The summed E-state index contributed by atoms with van der Waals surface area (Å²) in [6.07, 6.45) is 0. The number of nitrogens with one attached hydrogen (secondary N) is 2. The number of amides is 1. The summed E-state index contributed by atoms with van der Waals surface area (Å²) in [7, 11) is -1.64. The number of anilines is 2. The minimum Gasteiger partial charge on any atom is -0.369 e. The van der Waals surface area contributed by atoms with E-state index in [1.165, 1.54) is 11.8 Å². The lowest BCUT2D eigenvalue weighted by Gasteiger charge is -2.34. The summed E-state index contributed by atoms with van der Waals surface area (Å²) in [5.41, 5.74) is 5.63. The van der Waals surface area contributed by atoms with Gasteiger partial charge in [-0.2, -0.15) is 5.10 Å². The number of piperazine rings is 1. The molecule has 0 saturated carbocycles. The molecule has 0 spiro atoms. The highest BCUT2D eigenvalue weighted by atomic mass is 32.2. The van der Waals surface area contributed by atoms with E-state index in [1.54, 1.807) is 35.7 Å². The van der Waals surface area contributed by atoms with E-state index in [9.17, 15) is 13.2 Å². The first-order valence-electron chi connectivity index (χ1n) is 10.9.